The highest BCUT2D eigenvalue weighted by Gasteiger charge is 2.39. The SMILES string of the molecule is C=CCn1c(=NC(=O)C2CCCN2S(=O)(=O)c2ccc(OC)cc2)sc2cc(OC)c(OC)cc21. The van der Waals surface area contributed by atoms with E-state index < -0.39 is 22.0 Å². The lowest BCUT2D eigenvalue weighted by molar-refractivity contribution is -0.121. The summed E-state index contributed by atoms with van der Waals surface area (Å²) in [5.41, 5.74) is 0.813. The molecule has 1 unspecified atom stereocenters. The van der Waals surface area contributed by atoms with Crippen LogP contribution in [0.5, 0.6) is 17.2 Å². The molecule has 1 aliphatic rings. The van der Waals surface area contributed by atoms with E-state index in [1.807, 2.05) is 16.7 Å². The zero-order valence-corrected chi connectivity index (χ0v) is 21.4. The fourth-order valence-corrected chi connectivity index (χ4v) is 6.82. The first-order chi connectivity index (χ1) is 16.8. The van der Waals surface area contributed by atoms with Crippen LogP contribution in [0.25, 0.3) is 10.2 Å². The maximum absolute atomic E-state index is 13.3. The van der Waals surface area contributed by atoms with Crippen LogP contribution in [0.4, 0.5) is 0 Å². The van der Waals surface area contributed by atoms with E-state index in [0.717, 1.165) is 10.2 Å². The van der Waals surface area contributed by atoms with E-state index >= 15 is 0 Å². The van der Waals surface area contributed by atoms with E-state index in [1.54, 1.807) is 32.4 Å². The van der Waals surface area contributed by atoms with Gasteiger partial charge in [0.05, 0.1) is 36.4 Å². The van der Waals surface area contributed by atoms with Gasteiger partial charge in [0.1, 0.15) is 11.8 Å². The Hall–Kier alpha value is -3.15. The molecule has 35 heavy (non-hydrogen) atoms. The summed E-state index contributed by atoms with van der Waals surface area (Å²) in [6.45, 7) is 4.49. The Morgan fingerprint density at radius 1 is 1.14 bits per heavy atom. The molecule has 1 amide bonds. The molecule has 1 saturated heterocycles. The number of aromatic nitrogens is 1. The molecule has 0 bridgehead atoms. The second-order valence-electron chi connectivity index (χ2n) is 7.86. The highest BCUT2D eigenvalue weighted by atomic mass is 32.2. The number of benzene rings is 2. The van der Waals surface area contributed by atoms with Crippen LogP contribution >= 0.6 is 11.3 Å². The molecule has 0 spiro atoms. The van der Waals surface area contributed by atoms with E-state index in [2.05, 4.69) is 11.6 Å². The third-order valence-corrected chi connectivity index (χ3v) is 8.82. The molecular formula is C24H27N3O6S2. The predicted octanol–water partition coefficient (Wildman–Crippen LogP) is 3.20. The molecule has 0 saturated carbocycles. The van der Waals surface area contributed by atoms with E-state index in [9.17, 15) is 13.2 Å². The maximum atomic E-state index is 13.3. The molecule has 3 aromatic rings. The Kier molecular flexibility index (Phi) is 7.29. The quantitative estimate of drug-likeness (QED) is 0.426. The number of ether oxygens (including phenoxy) is 3. The van der Waals surface area contributed by atoms with Crippen LogP contribution in [-0.2, 0) is 21.4 Å². The van der Waals surface area contributed by atoms with Crippen molar-refractivity contribution in [2.24, 2.45) is 4.99 Å². The van der Waals surface area contributed by atoms with E-state index in [1.165, 1.54) is 34.9 Å². The Labute approximate surface area is 207 Å². The minimum Gasteiger partial charge on any atom is -0.497 e. The molecule has 186 valence electrons. The Morgan fingerprint density at radius 3 is 2.46 bits per heavy atom. The predicted molar refractivity (Wildman–Crippen MR) is 134 cm³/mol. The maximum Gasteiger partial charge on any atom is 0.266 e. The van der Waals surface area contributed by atoms with Gasteiger partial charge in [-0.25, -0.2) is 8.42 Å². The summed E-state index contributed by atoms with van der Waals surface area (Å²) in [5.74, 6) is 1.18. The smallest absolute Gasteiger partial charge is 0.266 e. The number of sulfonamides is 1. The number of hydrogen-bond acceptors (Lipinski definition) is 7. The Balaban J connectivity index is 1.73. The average Bonchev–Trinajstić information content (AvgIpc) is 3.49. The molecule has 9 nitrogen and oxygen atoms in total. The van der Waals surface area contributed by atoms with Crippen LogP contribution < -0.4 is 19.0 Å². The van der Waals surface area contributed by atoms with Crippen molar-refractivity contribution in [3.63, 3.8) is 0 Å². The highest BCUT2D eigenvalue weighted by molar-refractivity contribution is 7.89. The largest absolute Gasteiger partial charge is 0.497 e. The lowest BCUT2D eigenvalue weighted by Gasteiger charge is -2.21. The first-order valence-electron chi connectivity index (χ1n) is 10.9. The number of fused-ring (bicyclic) bond motifs is 1. The van der Waals surface area contributed by atoms with Crippen LogP contribution in [0.1, 0.15) is 12.8 Å². The summed E-state index contributed by atoms with van der Waals surface area (Å²) in [4.78, 5) is 18.3. The second kappa shape index (κ2) is 10.2. The lowest BCUT2D eigenvalue weighted by Crippen LogP contribution is -2.40. The Morgan fingerprint density at radius 2 is 1.83 bits per heavy atom. The van der Waals surface area contributed by atoms with E-state index in [4.69, 9.17) is 14.2 Å². The molecule has 4 rings (SSSR count). The first-order valence-corrected chi connectivity index (χ1v) is 13.2. The van der Waals surface area contributed by atoms with Gasteiger partial charge in [-0.15, -0.1) is 6.58 Å². The van der Waals surface area contributed by atoms with Crippen LogP contribution in [0.2, 0.25) is 0 Å². The van der Waals surface area contributed by atoms with Crippen LogP contribution in [0, 0.1) is 0 Å². The molecule has 1 atom stereocenters. The molecule has 2 aromatic carbocycles. The number of allylic oxidation sites excluding steroid dienone is 1. The van der Waals surface area contributed by atoms with Crippen LogP contribution in [0.3, 0.4) is 0 Å². The summed E-state index contributed by atoms with van der Waals surface area (Å²) in [7, 11) is 0.758. The molecule has 1 aromatic heterocycles. The van der Waals surface area contributed by atoms with Gasteiger partial charge in [-0.2, -0.15) is 9.30 Å². The molecule has 0 N–H and O–H groups in total. The van der Waals surface area contributed by atoms with Crippen molar-refractivity contribution in [2.45, 2.75) is 30.3 Å². The summed E-state index contributed by atoms with van der Waals surface area (Å²) >= 11 is 1.32. The van der Waals surface area contributed by atoms with Gasteiger partial charge in [0.25, 0.3) is 5.91 Å². The molecule has 0 radical (unpaired) electrons. The van der Waals surface area contributed by atoms with Crippen molar-refractivity contribution in [2.75, 3.05) is 27.9 Å². The summed E-state index contributed by atoms with van der Waals surface area (Å²) in [6.07, 6.45) is 2.70. The van der Waals surface area contributed by atoms with E-state index in [0.29, 0.717) is 41.4 Å². The number of hydrogen-bond donors (Lipinski definition) is 0. The molecular weight excluding hydrogens is 490 g/mol. The monoisotopic (exact) mass is 517 g/mol. The fraction of sp³-hybridized carbons (Fsp3) is 0.333. The standard InChI is InChI=1S/C24H27N3O6S2/c1-5-12-26-19-14-20(32-3)21(33-4)15-22(19)34-24(26)25-23(28)18-7-6-13-27(18)35(29,30)17-10-8-16(31-2)9-11-17/h5,8-11,14-15,18H,1,6-7,12-13H2,2-4H3. The van der Waals surface area contributed by atoms with Gasteiger partial charge in [-0.1, -0.05) is 17.4 Å². The molecule has 11 heteroatoms. The van der Waals surface area contributed by atoms with Crippen molar-refractivity contribution in [3.8, 4) is 17.2 Å². The van der Waals surface area contributed by atoms with Gasteiger partial charge in [-0.05, 0) is 37.1 Å². The fourth-order valence-electron chi connectivity index (χ4n) is 4.11. The van der Waals surface area contributed by atoms with Gasteiger partial charge < -0.3 is 18.8 Å². The van der Waals surface area contributed by atoms with Gasteiger partial charge in [0.2, 0.25) is 10.0 Å². The summed E-state index contributed by atoms with van der Waals surface area (Å²) in [6, 6.07) is 8.93. The van der Waals surface area contributed by atoms with Crippen molar-refractivity contribution < 1.29 is 27.4 Å². The minimum absolute atomic E-state index is 0.112. The normalized spacial score (nSPS) is 17.0. The number of thiazole rings is 1. The number of amides is 1. The van der Waals surface area contributed by atoms with Crippen LogP contribution in [0.15, 0.2) is 58.9 Å². The number of rotatable bonds is 8. The second-order valence-corrected chi connectivity index (χ2v) is 10.8. The van der Waals surface area contributed by atoms with Gasteiger partial charge >= 0.3 is 0 Å². The van der Waals surface area contributed by atoms with Crippen molar-refractivity contribution in [1.82, 2.24) is 8.87 Å². The highest BCUT2D eigenvalue weighted by Crippen LogP contribution is 2.33. The topological polar surface area (TPSA) is 99.4 Å². The number of methoxy groups -OCH3 is 3. The van der Waals surface area contributed by atoms with Crippen molar-refractivity contribution >= 4 is 37.5 Å². The zero-order valence-electron chi connectivity index (χ0n) is 19.8. The molecule has 1 aliphatic heterocycles. The first kappa shape index (κ1) is 25.0. The Bertz CT molecular complexity index is 1420. The van der Waals surface area contributed by atoms with Gasteiger partial charge in [-0.3, -0.25) is 4.79 Å². The minimum atomic E-state index is -3.87. The van der Waals surface area contributed by atoms with Crippen LogP contribution in [-0.4, -0.2) is 57.1 Å². The van der Waals surface area contributed by atoms with Gasteiger partial charge in [0.15, 0.2) is 16.3 Å². The molecule has 1 fully saturated rings. The molecule has 2 heterocycles. The number of carbonyl (C=O) groups excluding carboxylic acids is 1. The third kappa shape index (κ3) is 4.71. The zero-order chi connectivity index (χ0) is 25.2. The molecule has 0 aliphatic carbocycles. The van der Waals surface area contributed by atoms with Gasteiger partial charge in [0, 0.05) is 25.2 Å². The average molecular weight is 518 g/mol. The summed E-state index contributed by atoms with van der Waals surface area (Å²) in [5, 5.41) is 0. The third-order valence-electron chi connectivity index (χ3n) is 5.86. The number of nitrogens with zero attached hydrogens (tertiary/aromatic N) is 3. The number of carbonyl (C=O) groups is 1. The van der Waals surface area contributed by atoms with Crippen molar-refractivity contribution in [1.29, 1.82) is 0 Å². The van der Waals surface area contributed by atoms with Crippen molar-refractivity contribution in [3.05, 3.63) is 53.9 Å². The summed E-state index contributed by atoms with van der Waals surface area (Å²) < 4.78 is 46.5. The lowest BCUT2D eigenvalue weighted by atomic mass is 10.2. The van der Waals surface area contributed by atoms with E-state index in [-0.39, 0.29) is 11.4 Å².